The van der Waals surface area contributed by atoms with Crippen molar-refractivity contribution in [3.05, 3.63) is 115 Å². The summed E-state index contributed by atoms with van der Waals surface area (Å²) in [5.41, 5.74) is 7.24. The molecule has 2 heteroatoms. The SMILES string of the molecule is Cc1nc2ccc(-c3c4ccccc4c(-c4ccc5ccccc5c4)c4ccccc34)cc2n1C. The Morgan fingerprint density at radius 3 is 1.69 bits per heavy atom. The summed E-state index contributed by atoms with van der Waals surface area (Å²) >= 11 is 0. The van der Waals surface area contributed by atoms with E-state index in [1.54, 1.807) is 0 Å². The largest absolute Gasteiger partial charge is 0.331 e. The standard InChI is InChI=1S/C33H24N2/c1-21-34-30-18-17-25(20-31(30)35(21)2)33-28-13-7-5-11-26(28)32(27-12-6-8-14-29(27)33)24-16-15-22-9-3-4-10-23(22)19-24/h3-20H,1-2H3. The van der Waals surface area contributed by atoms with Crippen LogP contribution in [0.2, 0.25) is 0 Å². The van der Waals surface area contributed by atoms with Crippen molar-refractivity contribution < 1.29 is 0 Å². The van der Waals surface area contributed by atoms with E-state index in [0.29, 0.717) is 0 Å². The maximum atomic E-state index is 4.71. The van der Waals surface area contributed by atoms with Crippen molar-refractivity contribution >= 4 is 43.4 Å². The van der Waals surface area contributed by atoms with Crippen molar-refractivity contribution in [1.82, 2.24) is 9.55 Å². The summed E-state index contributed by atoms with van der Waals surface area (Å²) in [4.78, 5) is 4.71. The molecule has 0 aliphatic carbocycles. The number of benzene rings is 6. The van der Waals surface area contributed by atoms with E-state index in [4.69, 9.17) is 4.98 Å². The predicted octanol–water partition coefficient (Wildman–Crippen LogP) is 8.68. The molecule has 0 fully saturated rings. The van der Waals surface area contributed by atoms with Gasteiger partial charge in [0.1, 0.15) is 5.82 Å². The van der Waals surface area contributed by atoms with Gasteiger partial charge in [0.25, 0.3) is 0 Å². The van der Waals surface area contributed by atoms with Crippen molar-refractivity contribution in [3.8, 4) is 22.3 Å². The van der Waals surface area contributed by atoms with Crippen LogP contribution < -0.4 is 0 Å². The third kappa shape index (κ3) is 3.00. The second-order valence-electron chi connectivity index (χ2n) is 9.32. The fourth-order valence-corrected chi connectivity index (χ4v) is 5.56. The molecule has 35 heavy (non-hydrogen) atoms. The molecule has 0 bridgehead atoms. The number of rotatable bonds is 2. The van der Waals surface area contributed by atoms with Gasteiger partial charge < -0.3 is 4.57 Å². The average Bonchev–Trinajstić information content (AvgIpc) is 3.19. The van der Waals surface area contributed by atoms with E-state index in [1.807, 2.05) is 0 Å². The highest BCUT2D eigenvalue weighted by atomic mass is 15.0. The van der Waals surface area contributed by atoms with Gasteiger partial charge >= 0.3 is 0 Å². The molecule has 0 aliphatic rings. The molecule has 166 valence electrons. The zero-order chi connectivity index (χ0) is 23.5. The van der Waals surface area contributed by atoms with Crippen LogP contribution in [-0.4, -0.2) is 9.55 Å². The van der Waals surface area contributed by atoms with E-state index < -0.39 is 0 Å². The van der Waals surface area contributed by atoms with Gasteiger partial charge in [-0.3, -0.25) is 0 Å². The summed E-state index contributed by atoms with van der Waals surface area (Å²) in [6.07, 6.45) is 0. The molecule has 0 amide bonds. The molecule has 1 heterocycles. The average molecular weight is 449 g/mol. The first-order valence-corrected chi connectivity index (χ1v) is 12.0. The molecule has 7 rings (SSSR count). The molecule has 0 radical (unpaired) electrons. The van der Waals surface area contributed by atoms with Crippen LogP contribution >= 0.6 is 0 Å². The van der Waals surface area contributed by atoms with E-state index in [9.17, 15) is 0 Å². The molecule has 0 N–H and O–H groups in total. The lowest BCUT2D eigenvalue weighted by atomic mass is 9.85. The zero-order valence-electron chi connectivity index (χ0n) is 19.8. The first-order valence-electron chi connectivity index (χ1n) is 12.0. The molecule has 1 aromatic heterocycles. The Labute approximate surface area is 204 Å². The van der Waals surface area contributed by atoms with Crippen LogP contribution in [0.4, 0.5) is 0 Å². The van der Waals surface area contributed by atoms with Crippen molar-refractivity contribution in [2.24, 2.45) is 7.05 Å². The summed E-state index contributed by atoms with van der Waals surface area (Å²) in [7, 11) is 2.09. The number of fused-ring (bicyclic) bond motifs is 4. The van der Waals surface area contributed by atoms with E-state index in [-0.39, 0.29) is 0 Å². The lowest BCUT2D eigenvalue weighted by Crippen LogP contribution is -1.92. The fraction of sp³-hybridized carbons (Fsp3) is 0.0606. The quantitative estimate of drug-likeness (QED) is 0.242. The van der Waals surface area contributed by atoms with Crippen LogP contribution in [0.1, 0.15) is 5.82 Å². The molecule has 0 atom stereocenters. The number of hydrogen-bond donors (Lipinski definition) is 0. The highest BCUT2D eigenvalue weighted by Crippen LogP contribution is 2.44. The lowest BCUT2D eigenvalue weighted by Gasteiger charge is -2.18. The third-order valence-electron chi connectivity index (χ3n) is 7.36. The second kappa shape index (κ2) is 7.54. The first kappa shape index (κ1) is 20.0. The van der Waals surface area contributed by atoms with Gasteiger partial charge in [0.2, 0.25) is 0 Å². The van der Waals surface area contributed by atoms with Crippen molar-refractivity contribution in [2.45, 2.75) is 6.92 Å². The van der Waals surface area contributed by atoms with Gasteiger partial charge in [-0.1, -0.05) is 91.0 Å². The minimum atomic E-state index is 1.03. The predicted molar refractivity (Wildman–Crippen MR) is 149 cm³/mol. The normalized spacial score (nSPS) is 11.7. The molecule has 2 nitrogen and oxygen atoms in total. The molecule has 0 aliphatic heterocycles. The second-order valence-corrected chi connectivity index (χ2v) is 9.32. The molecule has 0 unspecified atom stereocenters. The Hall–Kier alpha value is -4.43. The summed E-state index contributed by atoms with van der Waals surface area (Å²) in [5, 5.41) is 7.62. The molecular weight excluding hydrogens is 424 g/mol. The van der Waals surface area contributed by atoms with Crippen LogP contribution in [0.25, 0.3) is 65.6 Å². The number of nitrogens with zero attached hydrogens (tertiary/aromatic N) is 2. The number of imidazole rings is 1. The van der Waals surface area contributed by atoms with Gasteiger partial charge in [0.05, 0.1) is 11.0 Å². The van der Waals surface area contributed by atoms with Crippen LogP contribution in [0, 0.1) is 6.92 Å². The minimum absolute atomic E-state index is 1.03. The summed E-state index contributed by atoms with van der Waals surface area (Å²) in [6.45, 7) is 2.06. The summed E-state index contributed by atoms with van der Waals surface area (Å²) < 4.78 is 2.17. The lowest BCUT2D eigenvalue weighted by molar-refractivity contribution is 0.886. The topological polar surface area (TPSA) is 17.8 Å². The van der Waals surface area contributed by atoms with E-state index in [2.05, 4.69) is 128 Å². The number of hydrogen-bond acceptors (Lipinski definition) is 1. The smallest absolute Gasteiger partial charge is 0.106 e. The minimum Gasteiger partial charge on any atom is -0.331 e. The Balaban J connectivity index is 1.61. The summed E-state index contributed by atoms with van der Waals surface area (Å²) in [5.74, 6) is 1.03. The van der Waals surface area contributed by atoms with Crippen LogP contribution in [0.3, 0.4) is 0 Å². The Morgan fingerprint density at radius 2 is 1.06 bits per heavy atom. The molecule has 6 aromatic carbocycles. The van der Waals surface area contributed by atoms with E-state index >= 15 is 0 Å². The number of aryl methyl sites for hydroxylation is 2. The molecule has 0 saturated heterocycles. The van der Waals surface area contributed by atoms with Crippen LogP contribution in [0.5, 0.6) is 0 Å². The highest BCUT2D eigenvalue weighted by molar-refractivity contribution is 6.22. The Bertz CT molecular complexity index is 1870. The maximum Gasteiger partial charge on any atom is 0.106 e. The Kier molecular flexibility index (Phi) is 4.31. The van der Waals surface area contributed by atoms with Gasteiger partial charge in [-0.2, -0.15) is 0 Å². The molecule has 0 saturated carbocycles. The Morgan fingerprint density at radius 1 is 0.543 bits per heavy atom. The van der Waals surface area contributed by atoms with Crippen molar-refractivity contribution in [1.29, 1.82) is 0 Å². The van der Waals surface area contributed by atoms with Gasteiger partial charge in [-0.05, 0) is 79.7 Å². The van der Waals surface area contributed by atoms with Crippen LogP contribution in [0.15, 0.2) is 109 Å². The van der Waals surface area contributed by atoms with Gasteiger partial charge in [-0.25, -0.2) is 4.98 Å². The van der Waals surface area contributed by atoms with Gasteiger partial charge in [-0.15, -0.1) is 0 Å². The molecular formula is C33H24N2. The molecule has 0 spiro atoms. The number of aromatic nitrogens is 2. The fourth-order valence-electron chi connectivity index (χ4n) is 5.56. The van der Waals surface area contributed by atoms with Gasteiger partial charge in [0, 0.05) is 7.05 Å². The van der Waals surface area contributed by atoms with Crippen molar-refractivity contribution in [2.75, 3.05) is 0 Å². The highest BCUT2D eigenvalue weighted by Gasteiger charge is 2.17. The summed E-state index contributed by atoms with van der Waals surface area (Å²) in [6, 6.07) is 39.7. The van der Waals surface area contributed by atoms with Crippen molar-refractivity contribution in [3.63, 3.8) is 0 Å². The molecule has 7 aromatic rings. The van der Waals surface area contributed by atoms with E-state index in [0.717, 1.165) is 16.9 Å². The van der Waals surface area contributed by atoms with E-state index in [1.165, 1.54) is 54.6 Å². The van der Waals surface area contributed by atoms with Gasteiger partial charge in [0.15, 0.2) is 0 Å². The first-order chi connectivity index (χ1) is 17.2. The zero-order valence-corrected chi connectivity index (χ0v) is 19.8. The third-order valence-corrected chi connectivity index (χ3v) is 7.36. The monoisotopic (exact) mass is 448 g/mol. The maximum absolute atomic E-state index is 4.71. The van der Waals surface area contributed by atoms with Crippen LogP contribution in [-0.2, 0) is 7.05 Å².